The lowest BCUT2D eigenvalue weighted by Crippen LogP contribution is -2.47. The highest BCUT2D eigenvalue weighted by Crippen LogP contribution is 2.38. The molecule has 0 aromatic rings. The zero-order valence-electron chi connectivity index (χ0n) is 12.7. The van der Waals surface area contributed by atoms with Gasteiger partial charge in [0.25, 0.3) is 0 Å². The molecule has 2 heterocycles. The number of nitrogens with zero attached hydrogens (tertiary/aromatic N) is 1. The van der Waals surface area contributed by atoms with E-state index in [-0.39, 0.29) is 0 Å². The van der Waals surface area contributed by atoms with Crippen LogP contribution in [0.25, 0.3) is 0 Å². The molecule has 106 valence electrons. The highest BCUT2D eigenvalue weighted by molar-refractivity contribution is 4.89. The van der Waals surface area contributed by atoms with E-state index in [0.29, 0.717) is 10.8 Å². The number of nitrogens with one attached hydrogen (secondary N) is 1. The Kier molecular flexibility index (Phi) is 4.71. The van der Waals surface area contributed by atoms with Crippen LogP contribution >= 0.6 is 0 Å². The molecular formula is C16H32N2. The first kappa shape index (κ1) is 14.3. The highest BCUT2D eigenvalue weighted by atomic mass is 15.1. The molecule has 2 rings (SSSR count). The van der Waals surface area contributed by atoms with Gasteiger partial charge in [0.15, 0.2) is 0 Å². The Balaban J connectivity index is 1.86. The van der Waals surface area contributed by atoms with Crippen LogP contribution in [0.1, 0.15) is 59.3 Å². The van der Waals surface area contributed by atoms with Crippen LogP contribution in [0, 0.1) is 10.8 Å². The zero-order chi connectivity index (χ0) is 13.1. The molecule has 2 fully saturated rings. The van der Waals surface area contributed by atoms with Crippen molar-refractivity contribution in [3.8, 4) is 0 Å². The maximum Gasteiger partial charge on any atom is 0.00388 e. The van der Waals surface area contributed by atoms with E-state index in [1.54, 1.807) is 0 Å². The van der Waals surface area contributed by atoms with Crippen LogP contribution < -0.4 is 5.32 Å². The third-order valence-electron chi connectivity index (χ3n) is 5.89. The molecule has 2 aliphatic rings. The Hall–Kier alpha value is -0.0800. The van der Waals surface area contributed by atoms with E-state index in [4.69, 9.17) is 0 Å². The summed E-state index contributed by atoms with van der Waals surface area (Å²) in [6, 6.07) is 0. The number of likely N-dealkylation sites (tertiary alicyclic amines) is 1. The van der Waals surface area contributed by atoms with E-state index in [0.717, 1.165) is 0 Å². The Morgan fingerprint density at radius 1 is 0.944 bits per heavy atom. The molecule has 0 aliphatic carbocycles. The fourth-order valence-corrected chi connectivity index (χ4v) is 3.66. The van der Waals surface area contributed by atoms with Gasteiger partial charge in [0.1, 0.15) is 0 Å². The van der Waals surface area contributed by atoms with Gasteiger partial charge >= 0.3 is 0 Å². The van der Waals surface area contributed by atoms with Crippen LogP contribution in [0.3, 0.4) is 0 Å². The van der Waals surface area contributed by atoms with Crippen LogP contribution in [0.15, 0.2) is 0 Å². The fraction of sp³-hybridized carbons (Fsp3) is 1.00. The van der Waals surface area contributed by atoms with Crippen LogP contribution in [-0.2, 0) is 0 Å². The predicted molar refractivity (Wildman–Crippen MR) is 78.9 cm³/mol. The van der Waals surface area contributed by atoms with Crippen LogP contribution in [0.5, 0.6) is 0 Å². The second-order valence-corrected chi connectivity index (χ2v) is 7.04. The van der Waals surface area contributed by atoms with Crippen molar-refractivity contribution in [2.24, 2.45) is 10.8 Å². The Bertz CT molecular complexity index is 248. The van der Waals surface area contributed by atoms with Gasteiger partial charge in [-0.1, -0.05) is 27.2 Å². The Morgan fingerprint density at radius 2 is 1.56 bits per heavy atom. The topological polar surface area (TPSA) is 15.3 Å². The first-order valence-electron chi connectivity index (χ1n) is 8.04. The molecule has 0 amide bonds. The van der Waals surface area contributed by atoms with Gasteiger partial charge in [-0.3, -0.25) is 0 Å². The molecule has 0 spiro atoms. The van der Waals surface area contributed by atoms with E-state index in [9.17, 15) is 0 Å². The van der Waals surface area contributed by atoms with Crippen molar-refractivity contribution in [1.29, 1.82) is 0 Å². The van der Waals surface area contributed by atoms with Crippen LogP contribution in [-0.4, -0.2) is 37.6 Å². The molecule has 0 bridgehead atoms. The number of hydrogen-bond donors (Lipinski definition) is 1. The molecule has 2 aliphatic heterocycles. The van der Waals surface area contributed by atoms with Gasteiger partial charge in [-0.25, -0.2) is 0 Å². The quantitative estimate of drug-likeness (QED) is 0.826. The number of hydrogen-bond acceptors (Lipinski definition) is 2. The molecule has 2 saturated heterocycles. The van der Waals surface area contributed by atoms with Gasteiger partial charge in [0.05, 0.1) is 0 Å². The molecule has 2 heteroatoms. The second-order valence-electron chi connectivity index (χ2n) is 7.04. The van der Waals surface area contributed by atoms with Gasteiger partial charge in [-0.05, 0) is 69.1 Å². The summed E-state index contributed by atoms with van der Waals surface area (Å²) in [4.78, 5) is 2.76. The monoisotopic (exact) mass is 252 g/mol. The van der Waals surface area contributed by atoms with Crippen LogP contribution in [0.4, 0.5) is 0 Å². The lowest BCUT2D eigenvalue weighted by atomic mass is 9.74. The van der Waals surface area contributed by atoms with E-state index in [2.05, 4.69) is 31.0 Å². The molecule has 0 radical (unpaired) electrons. The Labute approximate surface area is 114 Å². The second kappa shape index (κ2) is 5.92. The van der Waals surface area contributed by atoms with E-state index >= 15 is 0 Å². The molecule has 0 saturated carbocycles. The minimum atomic E-state index is 0.616. The standard InChI is InChI=1S/C16H32N2/c1-4-15(3)8-12-18(13-9-15)14-16(5-2)6-10-17-11-7-16/h17H,4-14H2,1-3H3. The van der Waals surface area contributed by atoms with Crippen molar-refractivity contribution in [2.75, 3.05) is 32.7 Å². The smallest absolute Gasteiger partial charge is 0.00388 e. The lowest BCUT2D eigenvalue weighted by Gasteiger charge is -2.45. The zero-order valence-corrected chi connectivity index (χ0v) is 12.7. The molecule has 0 atom stereocenters. The van der Waals surface area contributed by atoms with Gasteiger partial charge < -0.3 is 10.2 Å². The van der Waals surface area contributed by atoms with E-state index < -0.39 is 0 Å². The lowest BCUT2D eigenvalue weighted by molar-refractivity contribution is 0.0541. The van der Waals surface area contributed by atoms with Crippen LogP contribution in [0.2, 0.25) is 0 Å². The molecule has 0 aromatic heterocycles. The van der Waals surface area contributed by atoms with Gasteiger partial charge in [0.2, 0.25) is 0 Å². The van der Waals surface area contributed by atoms with Crippen molar-refractivity contribution in [1.82, 2.24) is 10.2 Å². The van der Waals surface area contributed by atoms with Crippen molar-refractivity contribution >= 4 is 0 Å². The van der Waals surface area contributed by atoms with Gasteiger partial charge in [0, 0.05) is 6.54 Å². The highest BCUT2D eigenvalue weighted by Gasteiger charge is 2.35. The molecule has 2 nitrogen and oxygen atoms in total. The summed E-state index contributed by atoms with van der Waals surface area (Å²) in [5.74, 6) is 0. The average molecular weight is 252 g/mol. The third-order valence-corrected chi connectivity index (χ3v) is 5.89. The number of piperidine rings is 2. The van der Waals surface area contributed by atoms with Crippen molar-refractivity contribution in [3.05, 3.63) is 0 Å². The minimum absolute atomic E-state index is 0.616. The number of rotatable bonds is 4. The fourth-order valence-electron chi connectivity index (χ4n) is 3.66. The molecule has 1 N–H and O–H groups in total. The summed E-state index contributed by atoms with van der Waals surface area (Å²) in [6.45, 7) is 13.7. The normalized spacial score (nSPS) is 28.2. The molecular weight excluding hydrogens is 220 g/mol. The summed E-state index contributed by atoms with van der Waals surface area (Å²) < 4.78 is 0. The Morgan fingerprint density at radius 3 is 2.06 bits per heavy atom. The average Bonchev–Trinajstić information content (AvgIpc) is 2.43. The van der Waals surface area contributed by atoms with Crippen molar-refractivity contribution in [2.45, 2.75) is 59.3 Å². The summed E-state index contributed by atoms with van der Waals surface area (Å²) >= 11 is 0. The van der Waals surface area contributed by atoms with E-state index in [1.807, 2.05) is 0 Å². The molecule has 0 aromatic carbocycles. The maximum absolute atomic E-state index is 3.51. The SMILES string of the molecule is CCC1(C)CCN(CC2(CC)CCNCC2)CC1. The summed E-state index contributed by atoms with van der Waals surface area (Å²) in [5, 5.41) is 3.51. The summed E-state index contributed by atoms with van der Waals surface area (Å²) in [5.41, 5.74) is 1.25. The summed E-state index contributed by atoms with van der Waals surface area (Å²) in [7, 11) is 0. The maximum atomic E-state index is 3.51. The third kappa shape index (κ3) is 3.27. The molecule has 18 heavy (non-hydrogen) atoms. The first-order valence-corrected chi connectivity index (χ1v) is 8.04. The predicted octanol–water partition coefficient (Wildman–Crippen LogP) is 3.28. The van der Waals surface area contributed by atoms with E-state index in [1.165, 1.54) is 71.2 Å². The van der Waals surface area contributed by atoms with Gasteiger partial charge in [-0.15, -0.1) is 0 Å². The minimum Gasteiger partial charge on any atom is -0.317 e. The first-order chi connectivity index (χ1) is 8.61. The van der Waals surface area contributed by atoms with Crippen molar-refractivity contribution in [3.63, 3.8) is 0 Å². The largest absolute Gasteiger partial charge is 0.317 e. The van der Waals surface area contributed by atoms with Gasteiger partial charge in [-0.2, -0.15) is 0 Å². The van der Waals surface area contributed by atoms with Crippen molar-refractivity contribution < 1.29 is 0 Å². The molecule has 0 unspecified atom stereocenters. The summed E-state index contributed by atoms with van der Waals surface area (Å²) in [6.07, 6.45) is 8.28.